The van der Waals surface area contributed by atoms with Gasteiger partial charge in [0.05, 0.1) is 10.6 Å². The number of nitrogens with two attached hydrogens (primary N) is 1. The molecule has 0 spiro atoms. The molecule has 20 heavy (non-hydrogen) atoms. The molecule has 0 bridgehead atoms. The van der Waals surface area contributed by atoms with E-state index in [1.165, 1.54) is 13.0 Å². The third-order valence-electron chi connectivity index (χ3n) is 3.50. The third kappa shape index (κ3) is 2.75. The number of aliphatic carboxylic acids is 1. The van der Waals surface area contributed by atoms with E-state index in [1.54, 1.807) is 0 Å². The molecule has 1 fully saturated rings. The van der Waals surface area contributed by atoms with Crippen LogP contribution in [0, 0.1) is 11.7 Å². The van der Waals surface area contributed by atoms with Crippen molar-refractivity contribution in [2.24, 2.45) is 11.1 Å². The van der Waals surface area contributed by atoms with Crippen molar-refractivity contribution in [3.8, 4) is 0 Å². The van der Waals surface area contributed by atoms with Gasteiger partial charge in [-0.05, 0) is 43.9 Å². The third-order valence-corrected chi connectivity index (χ3v) is 4.41. The number of carboxylic acids is 1. The SMILES string of the molecule is CC(Nc1ccc(S(N)(=O)=O)cc1F)(C(=O)O)C1CC1. The number of hydrogen-bond acceptors (Lipinski definition) is 4. The predicted octanol–water partition coefficient (Wildman–Crippen LogP) is 1.14. The topological polar surface area (TPSA) is 109 Å². The molecule has 110 valence electrons. The Kier molecular flexibility index (Phi) is 3.47. The summed E-state index contributed by atoms with van der Waals surface area (Å²) in [5.74, 6) is -2.00. The lowest BCUT2D eigenvalue weighted by Crippen LogP contribution is -2.45. The van der Waals surface area contributed by atoms with E-state index in [9.17, 15) is 22.7 Å². The fourth-order valence-corrected chi connectivity index (χ4v) is 2.57. The van der Waals surface area contributed by atoms with Gasteiger partial charge in [0, 0.05) is 0 Å². The highest BCUT2D eigenvalue weighted by molar-refractivity contribution is 7.89. The summed E-state index contributed by atoms with van der Waals surface area (Å²) in [6, 6.07) is 3.08. The van der Waals surface area contributed by atoms with E-state index in [2.05, 4.69) is 5.32 Å². The van der Waals surface area contributed by atoms with Crippen LogP contribution < -0.4 is 10.5 Å². The second-order valence-electron chi connectivity index (χ2n) is 5.09. The fraction of sp³-hybridized carbons (Fsp3) is 0.417. The molecule has 2 rings (SSSR count). The number of carboxylic acid groups (broad SMARTS) is 1. The molecule has 1 aliphatic rings. The number of hydrogen-bond donors (Lipinski definition) is 3. The van der Waals surface area contributed by atoms with Crippen molar-refractivity contribution in [2.45, 2.75) is 30.2 Å². The van der Waals surface area contributed by atoms with Gasteiger partial charge in [0.1, 0.15) is 11.4 Å². The van der Waals surface area contributed by atoms with Crippen LogP contribution in [0.25, 0.3) is 0 Å². The molecular formula is C12H15FN2O4S. The summed E-state index contributed by atoms with van der Waals surface area (Å²) >= 11 is 0. The Balaban J connectivity index is 2.32. The Morgan fingerprint density at radius 3 is 2.50 bits per heavy atom. The standard InChI is InChI=1S/C12H15FN2O4S/c1-12(11(16)17,7-2-3-7)15-10-5-4-8(6-9(10)13)20(14,18)19/h4-7,15H,2-3H2,1H3,(H,16,17)(H2,14,18,19). The van der Waals surface area contributed by atoms with Gasteiger partial charge in [0.15, 0.2) is 0 Å². The van der Waals surface area contributed by atoms with E-state index >= 15 is 0 Å². The number of halogens is 1. The van der Waals surface area contributed by atoms with Crippen LogP contribution in [-0.4, -0.2) is 25.0 Å². The van der Waals surface area contributed by atoms with E-state index < -0.39 is 27.3 Å². The highest BCUT2D eigenvalue weighted by Crippen LogP contribution is 2.42. The van der Waals surface area contributed by atoms with Gasteiger partial charge in [0.2, 0.25) is 10.0 Å². The Morgan fingerprint density at radius 1 is 1.50 bits per heavy atom. The number of rotatable bonds is 5. The van der Waals surface area contributed by atoms with Crippen LogP contribution in [0.2, 0.25) is 0 Å². The molecular weight excluding hydrogens is 287 g/mol. The normalized spacial score (nSPS) is 18.4. The first-order valence-electron chi connectivity index (χ1n) is 5.98. The lowest BCUT2D eigenvalue weighted by Gasteiger charge is -2.27. The predicted molar refractivity (Wildman–Crippen MR) is 70.2 cm³/mol. The van der Waals surface area contributed by atoms with Crippen LogP contribution in [0.3, 0.4) is 0 Å². The number of nitrogens with one attached hydrogen (secondary N) is 1. The van der Waals surface area contributed by atoms with Crippen LogP contribution in [0.5, 0.6) is 0 Å². The molecule has 0 amide bonds. The Morgan fingerprint density at radius 2 is 2.10 bits per heavy atom. The maximum atomic E-state index is 13.9. The quantitative estimate of drug-likeness (QED) is 0.755. The van der Waals surface area contributed by atoms with Gasteiger partial charge in [-0.2, -0.15) is 0 Å². The minimum absolute atomic E-state index is 0.0609. The number of benzene rings is 1. The first kappa shape index (κ1) is 14.7. The molecule has 8 heteroatoms. The largest absolute Gasteiger partial charge is 0.480 e. The average molecular weight is 302 g/mol. The Bertz CT molecular complexity index is 657. The molecule has 0 saturated heterocycles. The highest BCUT2D eigenvalue weighted by Gasteiger charge is 2.47. The van der Waals surface area contributed by atoms with Crippen LogP contribution in [0.15, 0.2) is 23.1 Å². The summed E-state index contributed by atoms with van der Waals surface area (Å²) in [7, 11) is -3.99. The van der Waals surface area contributed by atoms with Crippen molar-refractivity contribution >= 4 is 21.7 Å². The molecule has 1 aromatic rings. The zero-order valence-corrected chi connectivity index (χ0v) is 11.6. The average Bonchev–Trinajstić information content (AvgIpc) is 3.14. The Hall–Kier alpha value is -1.67. The van der Waals surface area contributed by atoms with Crippen molar-refractivity contribution in [1.29, 1.82) is 0 Å². The van der Waals surface area contributed by atoms with Crippen LogP contribution in [-0.2, 0) is 14.8 Å². The lowest BCUT2D eigenvalue weighted by molar-refractivity contribution is -0.142. The molecule has 4 N–H and O–H groups in total. The van der Waals surface area contributed by atoms with E-state index in [-0.39, 0.29) is 16.5 Å². The van der Waals surface area contributed by atoms with E-state index in [1.807, 2.05) is 0 Å². The van der Waals surface area contributed by atoms with Crippen LogP contribution in [0.4, 0.5) is 10.1 Å². The van der Waals surface area contributed by atoms with Gasteiger partial charge < -0.3 is 10.4 Å². The minimum Gasteiger partial charge on any atom is -0.480 e. The van der Waals surface area contributed by atoms with Crippen LogP contribution in [0.1, 0.15) is 19.8 Å². The van der Waals surface area contributed by atoms with Gasteiger partial charge >= 0.3 is 5.97 Å². The van der Waals surface area contributed by atoms with E-state index in [0.29, 0.717) is 0 Å². The van der Waals surface area contributed by atoms with Crippen molar-refractivity contribution < 1.29 is 22.7 Å². The first-order chi connectivity index (χ1) is 9.14. The molecule has 1 unspecified atom stereocenters. The fourth-order valence-electron chi connectivity index (χ4n) is 2.04. The van der Waals surface area contributed by atoms with Gasteiger partial charge in [0.25, 0.3) is 0 Å². The second-order valence-corrected chi connectivity index (χ2v) is 6.65. The van der Waals surface area contributed by atoms with Crippen molar-refractivity contribution in [3.05, 3.63) is 24.0 Å². The number of primary sulfonamides is 1. The molecule has 1 saturated carbocycles. The molecule has 1 aromatic carbocycles. The summed E-state index contributed by atoms with van der Waals surface area (Å²) in [5.41, 5.74) is -1.33. The Labute approximate surface area is 115 Å². The second kappa shape index (κ2) is 4.71. The highest BCUT2D eigenvalue weighted by atomic mass is 32.2. The smallest absolute Gasteiger partial charge is 0.329 e. The van der Waals surface area contributed by atoms with Gasteiger partial charge in [-0.1, -0.05) is 0 Å². The van der Waals surface area contributed by atoms with Crippen molar-refractivity contribution in [3.63, 3.8) is 0 Å². The molecule has 1 aliphatic carbocycles. The monoisotopic (exact) mass is 302 g/mol. The molecule has 0 aromatic heterocycles. The summed E-state index contributed by atoms with van der Waals surface area (Å²) < 4.78 is 36.1. The molecule has 0 aliphatic heterocycles. The summed E-state index contributed by atoms with van der Waals surface area (Å²) in [4.78, 5) is 11.0. The molecule has 0 heterocycles. The van der Waals surface area contributed by atoms with E-state index in [0.717, 1.165) is 25.0 Å². The molecule has 0 radical (unpaired) electrons. The van der Waals surface area contributed by atoms with Gasteiger partial charge in [-0.25, -0.2) is 22.7 Å². The van der Waals surface area contributed by atoms with Crippen molar-refractivity contribution in [2.75, 3.05) is 5.32 Å². The van der Waals surface area contributed by atoms with Crippen LogP contribution >= 0.6 is 0 Å². The number of carbonyl (C=O) groups is 1. The van der Waals surface area contributed by atoms with Gasteiger partial charge in [-0.15, -0.1) is 0 Å². The van der Waals surface area contributed by atoms with E-state index in [4.69, 9.17) is 5.14 Å². The summed E-state index contributed by atoms with van der Waals surface area (Å²) in [6.45, 7) is 1.49. The molecule has 6 nitrogen and oxygen atoms in total. The zero-order chi connectivity index (χ0) is 15.1. The van der Waals surface area contributed by atoms with Gasteiger partial charge in [-0.3, -0.25) is 0 Å². The van der Waals surface area contributed by atoms with Crippen molar-refractivity contribution in [1.82, 2.24) is 0 Å². The summed E-state index contributed by atoms with van der Waals surface area (Å²) in [5, 5.41) is 16.8. The summed E-state index contributed by atoms with van der Waals surface area (Å²) in [6.07, 6.45) is 1.51. The maximum absolute atomic E-state index is 13.9. The maximum Gasteiger partial charge on any atom is 0.329 e. The number of sulfonamides is 1. The lowest BCUT2D eigenvalue weighted by atomic mass is 9.95. The first-order valence-corrected chi connectivity index (χ1v) is 7.53. The minimum atomic E-state index is -3.99. The zero-order valence-electron chi connectivity index (χ0n) is 10.8. The number of anilines is 1. The molecule has 1 atom stereocenters.